The monoisotopic (exact) mass is 449 g/mol. The molecule has 2 unspecified atom stereocenters. The molecule has 3 aliphatic rings. The first-order valence-electron chi connectivity index (χ1n) is 10.5. The minimum Gasteiger partial charge on any atom is -0.454 e. The summed E-state index contributed by atoms with van der Waals surface area (Å²) in [4.78, 5) is 2.60. The van der Waals surface area contributed by atoms with Gasteiger partial charge < -0.3 is 9.47 Å². The Morgan fingerprint density at radius 3 is 2.74 bits per heavy atom. The molecule has 31 heavy (non-hydrogen) atoms. The Hall–Kier alpha value is -2.16. The summed E-state index contributed by atoms with van der Waals surface area (Å²) in [6.07, 6.45) is 5.16. The molecule has 1 fully saturated rings. The van der Waals surface area contributed by atoms with Crippen LogP contribution < -0.4 is 9.47 Å². The molecular weight excluding hydrogens is 421 g/mol. The quantitative estimate of drug-likeness (QED) is 0.696. The standard InChI is InChI=1S/C22H24FNO2.CH4O3S/c1-22(24-11-9-16(13-24)15-4-2-5-17(23)12-15)10-3-6-18-19(22)7-8-20-21(18)26-14-25-20;1-5(2,3)4/h2,4-5,7-8,12,16H,3,6,9-11,13-14H2,1H3;1H3,(H,2,3,4). The second-order valence-corrected chi connectivity index (χ2v) is 10.1. The summed E-state index contributed by atoms with van der Waals surface area (Å²) in [5.74, 6) is 2.10. The lowest BCUT2D eigenvalue weighted by Crippen LogP contribution is -2.44. The van der Waals surface area contributed by atoms with Crippen molar-refractivity contribution in [1.29, 1.82) is 0 Å². The van der Waals surface area contributed by atoms with Gasteiger partial charge in [-0.3, -0.25) is 9.45 Å². The van der Waals surface area contributed by atoms with Gasteiger partial charge in [0.2, 0.25) is 6.79 Å². The molecule has 0 bridgehead atoms. The van der Waals surface area contributed by atoms with Crippen LogP contribution in [0.15, 0.2) is 36.4 Å². The molecule has 0 saturated carbocycles. The van der Waals surface area contributed by atoms with Crippen LogP contribution in [0.1, 0.15) is 48.8 Å². The van der Waals surface area contributed by atoms with Gasteiger partial charge in [0.15, 0.2) is 11.5 Å². The maximum atomic E-state index is 13.6. The van der Waals surface area contributed by atoms with Crippen LogP contribution in [-0.4, -0.2) is 44.0 Å². The zero-order valence-electron chi connectivity index (χ0n) is 17.8. The van der Waals surface area contributed by atoms with E-state index in [2.05, 4.69) is 30.0 Å². The van der Waals surface area contributed by atoms with Crippen molar-refractivity contribution in [2.45, 2.75) is 44.1 Å². The van der Waals surface area contributed by atoms with Gasteiger partial charge in [-0.05, 0) is 74.4 Å². The molecule has 0 amide bonds. The van der Waals surface area contributed by atoms with Crippen molar-refractivity contribution < 1.29 is 26.8 Å². The fourth-order valence-corrected chi connectivity index (χ4v) is 5.10. The molecule has 1 N–H and O–H groups in total. The lowest BCUT2D eigenvalue weighted by atomic mass is 9.76. The molecule has 2 heterocycles. The first-order chi connectivity index (χ1) is 14.6. The van der Waals surface area contributed by atoms with Gasteiger partial charge in [0.05, 0.1) is 6.26 Å². The van der Waals surface area contributed by atoms with Gasteiger partial charge >= 0.3 is 0 Å². The third kappa shape index (κ3) is 4.71. The molecule has 2 atom stereocenters. The predicted molar refractivity (Wildman–Crippen MR) is 116 cm³/mol. The van der Waals surface area contributed by atoms with E-state index in [9.17, 15) is 12.8 Å². The smallest absolute Gasteiger partial charge is 0.261 e. The lowest BCUT2D eigenvalue weighted by molar-refractivity contribution is 0.110. The third-order valence-electron chi connectivity index (χ3n) is 6.52. The van der Waals surface area contributed by atoms with Gasteiger partial charge in [-0.15, -0.1) is 0 Å². The van der Waals surface area contributed by atoms with Crippen molar-refractivity contribution >= 4 is 10.1 Å². The Kier molecular flexibility index (Phi) is 5.98. The highest BCUT2D eigenvalue weighted by Gasteiger charge is 2.42. The summed E-state index contributed by atoms with van der Waals surface area (Å²) in [6, 6.07) is 11.4. The van der Waals surface area contributed by atoms with Gasteiger partial charge in [-0.2, -0.15) is 8.42 Å². The van der Waals surface area contributed by atoms with E-state index in [0.29, 0.717) is 19.0 Å². The molecule has 5 rings (SSSR count). The third-order valence-corrected chi connectivity index (χ3v) is 6.52. The maximum Gasteiger partial charge on any atom is 0.261 e. The number of ether oxygens (including phenoxy) is 2. The van der Waals surface area contributed by atoms with Crippen LogP contribution >= 0.6 is 0 Å². The highest BCUT2D eigenvalue weighted by Crippen LogP contribution is 2.49. The first-order valence-corrected chi connectivity index (χ1v) is 12.3. The predicted octanol–water partition coefficient (Wildman–Crippen LogP) is 4.10. The molecule has 0 radical (unpaired) electrons. The first kappa shape index (κ1) is 22.0. The van der Waals surface area contributed by atoms with Gasteiger partial charge in [0.25, 0.3) is 10.1 Å². The van der Waals surface area contributed by atoms with E-state index in [-0.39, 0.29) is 11.4 Å². The molecule has 8 heteroatoms. The van der Waals surface area contributed by atoms with Gasteiger partial charge in [-0.25, -0.2) is 4.39 Å². The van der Waals surface area contributed by atoms with E-state index >= 15 is 0 Å². The van der Waals surface area contributed by atoms with E-state index in [0.717, 1.165) is 55.8 Å². The fourth-order valence-electron chi connectivity index (χ4n) is 5.10. The van der Waals surface area contributed by atoms with Crippen LogP contribution in [0.3, 0.4) is 0 Å². The van der Waals surface area contributed by atoms with E-state index in [1.807, 2.05) is 6.07 Å². The summed E-state index contributed by atoms with van der Waals surface area (Å²) in [6.45, 7) is 4.72. The van der Waals surface area contributed by atoms with Crippen molar-refractivity contribution in [3.8, 4) is 11.5 Å². The number of fused-ring (bicyclic) bond motifs is 3. The molecule has 2 aromatic carbocycles. The highest BCUT2D eigenvalue weighted by molar-refractivity contribution is 7.85. The van der Waals surface area contributed by atoms with E-state index in [1.54, 1.807) is 6.07 Å². The Balaban J connectivity index is 0.000000418. The second kappa shape index (κ2) is 8.41. The zero-order valence-corrected chi connectivity index (χ0v) is 18.6. The van der Waals surface area contributed by atoms with Gasteiger partial charge in [-0.1, -0.05) is 18.2 Å². The number of rotatable bonds is 2. The summed E-state index contributed by atoms with van der Waals surface area (Å²) < 4.78 is 50.8. The Bertz CT molecular complexity index is 1070. The van der Waals surface area contributed by atoms with Crippen molar-refractivity contribution in [3.05, 3.63) is 58.9 Å². The summed E-state index contributed by atoms with van der Waals surface area (Å²) in [5.41, 5.74) is 3.84. The number of benzene rings is 2. The van der Waals surface area contributed by atoms with Crippen LogP contribution in [0, 0.1) is 5.82 Å². The van der Waals surface area contributed by atoms with Crippen LogP contribution in [0.2, 0.25) is 0 Å². The maximum absolute atomic E-state index is 13.6. The summed E-state index contributed by atoms with van der Waals surface area (Å²) in [5, 5.41) is 0. The van der Waals surface area contributed by atoms with Crippen molar-refractivity contribution in [1.82, 2.24) is 4.90 Å². The SMILES string of the molecule is CC1(N2CCC(c3cccc(F)c3)C2)CCCc2c1ccc1c2OCO1.CS(=O)(=O)O. The molecule has 2 aromatic rings. The highest BCUT2D eigenvalue weighted by atomic mass is 32.2. The van der Waals surface area contributed by atoms with Crippen LogP contribution in [0.5, 0.6) is 11.5 Å². The molecule has 0 aromatic heterocycles. The molecule has 1 saturated heterocycles. The average Bonchev–Trinajstić information content (AvgIpc) is 3.37. The lowest BCUT2D eigenvalue weighted by Gasteiger charge is -2.43. The Morgan fingerprint density at radius 2 is 2.00 bits per heavy atom. The molecule has 0 spiro atoms. The Labute approximate surface area is 182 Å². The largest absolute Gasteiger partial charge is 0.454 e. The van der Waals surface area contributed by atoms with E-state index < -0.39 is 10.1 Å². The zero-order chi connectivity index (χ0) is 22.2. The molecule has 2 aliphatic heterocycles. The molecule has 1 aliphatic carbocycles. The van der Waals surface area contributed by atoms with Crippen LogP contribution in [0.4, 0.5) is 4.39 Å². The van der Waals surface area contributed by atoms with E-state index in [4.69, 9.17) is 14.0 Å². The van der Waals surface area contributed by atoms with Gasteiger partial charge in [0, 0.05) is 17.6 Å². The van der Waals surface area contributed by atoms with E-state index in [1.165, 1.54) is 17.2 Å². The fraction of sp³-hybridized carbons (Fsp3) is 0.478. The van der Waals surface area contributed by atoms with Gasteiger partial charge in [0.1, 0.15) is 5.82 Å². The average molecular weight is 450 g/mol. The minimum atomic E-state index is -3.67. The molecule has 168 valence electrons. The summed E-state index contributed by atoms with van der Waals surface area (Å²) in [7, 11) is -3.67. The minimum absolute atomic E-state index is 0.0106. The van der Waals surface area contributed by atoms with Crippen molar-refractivity contribution in [2.24, 2.45) is 0 Å². The molecule has 6 nitrogen and oxygen atoms in total. The molecular formula is C23H28FNO5S. The number of hydrogen-bond donors (Lipinski definition) is 1. The Morgan fingerprint density at radius 1 is 1.23 bits per heavy atom. The normalized spacial score (nSPS) is 25.0. The number of likely N-dealkylation sites (tertiary alicyclic amines) is 1. The van der Waals surface area contributed by atoms with Crippen LogP contribution in [-0.2, 0) is 22.1 Å². The van der Waals surface area contributed by atoms with Crippen molar-refractivity contribution in [3.63, 3.8) is 0 Å². The number of nitrogens with zero attached hydrogens (tertiary/aromatic N) is 1. The van der Waals surface area contributed by atoms with Crippen molar-refractivity contribution in [2.75, 3.05) is 26.1 Å². The topological polar surface area (TPSA) is 76.1 Å². The summed E-state index contributed by atoms with van der Waals surface area (Å²) >= 11 is 0. The second-order valence-electron chi connectivity index (χ2n) is 8.67. The number of hydrogen-bond acceptors (Lipinski definition) is 5. The van der Waals surface area contributed by atoms with Crippen LogP contribution in [0.25, 0.3) is 0 Å². The number of halogens is 1.